The molecule has 0 fully saturated rings. The molecule has 0 aromatic rings. The van der Waals surface area contributed by atoms with E-state index in [2.05, 4.69) is 31.3 Å². The maximum Gasteiger partial charge on any atom is 0.00170 e. The molecule has 0 aromatic carbocycles. The summed E-state index contributed by atoms with van der Waals surface area (Å²) in [5.41, 5.74) is 3.07. The summed E-state index contributed by atoms with van der Waals surface area (Å²) in [5, 5.41) is 3.27. The predicted molar refractivity (Wildman–Crippen MR) is 58.8 cm³/mol. The molecule has 74 valence electrons. The summed E-state index contributed by atoms with van der Waals surface area (Å²) in [6, 6.07) is 0. The largest absolute Gasteiger partial charge is 0.319 e. The third-order valence-electron chi connectivity index (χ3n) is 2.82. The van der Waals surface area contributed by atoms with E-state index in [0.29, 0.717) is 5.92 Å². The Balaban J connectivity index is 2.67. The molecule has 0 saturated heterocycles. The van der Waals surface area contributed by atoms with Crippen LogP contribution in [-0.4, -0.2) is 13.6 Å². The van der Waals surface area contributed by atoms with E-state index in [-0.39, 0.29) is 0 Å². The van der Waals surface area contributed by atoms with Crippen LogP contribution in [0.3, 0.4) is 0 Å². The lowest BCUT2D eigenvalue weighted by Crippen LogP contribution is -2.21. The lowest BCUT2D eigenvalue weighted by atomic mass is 9.87. The van der Waals surface area contributed by atoms with Gasteiger partial charge in [0.25, 0.3) is 0 Å². The zero-order valence-electron chi connectivity index (χ0n) is 9.06. The summed E-state index contributed by atoms with van der Waals surface area (Å²) in [4.78, 5) is 0. The van der Waals surface area contributed by atoms with E-state index in [4.69, 9.17) is 0 Å². The third-order valence-corrected chi connectivity index (χ3v) is 2.82. The molecule has 1 nitrogen and oxygen atoms in total. The Kier molecular flexibility index (Phi) is 4.23. The van der Waals surface area contributed by atoms with Gasteiger partial charge in [-0.2, -0.15) is 0 Å². The highest BCUT2D eigenvalue weighted by atomic mass is 14.8. The number of allylic oxidation sites excluding steroid dienone is 3. The van der Waals surface area contributed by atoms with Gasteiger partial charge in [0, 0.05) is 6.54 Å². The quantitative estimate of drug-likeness (QED) is 0.699. The van der Waals surface area contributed by atoms with Crippen LogP contribution in [0.4, 0.5) is 0 Å². The molecule has 0 radical (unpaired) electrons. The molecule has 1 N–H and O–H groups in total. The van der Waals surface area contributed by atoms with E-state index in [1.165, 1.54) is 24.8 Å². The average molecular weight is 179 g/mol. The van der Waals surface area contributed by atoms with Crippen molar-refractivity contribution in [1.29, 1.82) is 0 Å². The summed E-state index contributed by atoms with van der Waals surface area (Å²) >= 11 is 0. The zero-order chi connectivity index (χ0) is 9.68. The Labute approximate surface area is 81.9 Å². The van der Waals surface area contributed by atoms with Gasteiger partial charge in [-0.05, 0) is 44.7 Å². The van der Waals surface area contributed by atoms with Crippen molar-refractivity contribution in [3.8, 4) is 0 Å². The standard InChI is InChI=1S/C12H21N/c1-4-11(9-13-3)12-8-6-5-7-10(12)2/h7-8,11,13H,4-6,9H2,1-3H3. The van der Waals surface area contributed by atoms with Gasteiger partial charge in [-0.15, -0.1) is 0 Å². The molecular formula is C12H21N. The summed E-state index contributed by atoms with van der Waals surface area (Å²) in [5.74, 6) is 0.710. The molecule has 1 aliphatic rings. The van der Waals surface area contributed by atoms with Gasteiger partial charge in [-0.25, -0.2) is 0 Å². The second-order valence-electron chi connectivity index (χ2n) is 3.79. The maximum atomic E-state index is 3.27. The van der Waals surface area contributed by atoms with Crippen LogP contribution in [0.1, 0.15) is 33.1 Å². The number of nitrogens with one attached hydrogen (secondary N) is 1. The highest BCUT2D eigenvalue weighted by Crippen LogP contribution is 2.26. The van der Waals surface area contributed by atoms with Gasteiger partial charge >= 0.3 is 0 Å². The fraction of sp³-hybridized carbons (Fsp3) is 0.667. The first-order valence-corrected chi connectivity index (χ1v) is 5.31. The van der Waals surface area contributed by atoms with Crippen LogP contribution in [0.5, 0.6) is 0 Å². The monoisotopic (exact) mass is 179 g/mol. The molecule has 0 amide bonds. The molecule has 1 aliphatic carbocycles. The van der Waals surface area contributed by atoms with Gasteiger partial charge in [0.15, 0.2) is 0 Å². The molecule has 0 aliphatic heterocycles. The minimum absolute atomic E-state index is 0.710. The van der Waals surface area contributed by atoms with Crippen molar-refractivity contribution in [3.63, 3.8) is 0 Å². The van der Waals surface area contributed by atoms with Crippen molar-refractivity contribution in [2.45, 2.75) is 33.1 Å². The molecule has 13 heavy (non-hydrogen) atoms. The summed E-state index contributed by atoms with van der Waals surface area (Å²) in [6.07, 6.45) is 8.48. The fourth-order valence-electron chi connectivity index (χ4n) is 2.03. The van der Waals surface area contributed by atoms with Crippen molar-refractivity contribution >= 4 is 0 Å². The second kappa shape index (κ2) is 5.23. The highest BCUT2D eigenvalue weighted by Gasteiger charge is 2.14. The molecule has 0 aromatic heterocycles. The van der Waals surface area contributed by atoms with Crippen LogP contribution in [0.15, 0.2) is 23.3 Å². The number of rotatable bonds is 4. The minimum Gasteiger partial charge on any atom is -0.319 e. The van der Waals surface area contributed by atoms with Gasteiger partial charge in [0.05, 0.1) is 0 Å². The molecule has 0 bridgehead atoms. The summed E-state index contributed by atoms with van der Waals surface area (Å²) in [7, 11) is 2.03. The molecule has 0 heterocycles. The number of hydrogen-bond acceptors (Lipinski definition) is 1. The highest BCUT2D eigenvalue weighted by molar-refractivity contribution is 5.34. The van der Waals surface area contributed by atoms with Crippen molar-refractivity contribution in [2.75, 3.05) is 13.6 Å². The third kappa shape index (κ3) is 2.70. The van der Waals surface area contributed by atoms with Crippen molar-refractivity contribution in [1.82, 2.24) is 5.32 Å². The minimum atomic E-state index is 0.710. The topological polar surface area (TPSA) is 12.0 Å². The zero-order valence-corrected chi connectivity index (χ0v) is 9.06. The molecule has 1 unspecified atom stereocenters. The Morgan fingerprint density at radius 3 is 2.62 bits per heavy atom. The van der Waals surface area contributed by atoms with E-state index in [1.54, 1.807) is 5.57 Å². The van der Waals surface area contributed by atoms with E-state index in [9.17, 15) is 0 Å². The Bertz CT molecular complexity index is 213. The molecule has 1 rings (SSSR count). The fourth-order valence-corrected chi connectivity index (χ4v) is 2.03. The van der Waals surface area contributed by atoms with Crippen LogP contribution in [0.25, 0.3) is 0 Å². The van der Waals surface area contributed by atoms with Gasteiger partial charge in [0.1, 0.15) is 0 Å². The van der Waals surface area contributed by atoms with Gasteiger partial charge in [-0.1, -0.05) is 24.6 Å². The molecule has 0 spiro atoms. The van der Waals surface area contributed by atoms with Gasteiger partial charge in [0.2, 0.25) is 0 Å². The number of hydrogen-bond donors (Lipinski definition) is 1. The second-order valence-corrected chi connectivity index (χ2v) is 3.79. The molecule has 1 heteroatoms. The van der Waals surface area contributed by atoms with E-state index in [0.717, 1.165) is 6.54 Å². The Morgan fingerprint density at radius 2 is 2.08 bits per heavy atom. The van der Waals surface area contributed by atoms with E-state index >= 15 is 0 Å². The molecular weight excluding hydrogens is 158 g/mol. The summed E-state index contributed by atoms with van der Waals surface area (Å²) < 4.78 is 0. The Hall–Kier alpha value is -0.560. The summed E-state index contributed by atoms with van der Waals surface area (Å²) in [6.45, 7) is 5.61. The average Bonchev–Trinajstić information content (AvgIpc) is 2.16. The molecule has 0 saturated carbocycles. The van der Waals surface area contributed by atoms with Crippen molar-refractivity contribution < 1.29 is 0 Å². The normalized spacial score (nSPS) is 19.3. The van der Waals surface area contributed by atoms with E-state index in [1.807, 2.05) is 7.05 Å². The van der Waals surface area contributed by atoms with Gasteiger partial charge < -0.3 is 5.32 Å². The maximum absolute atomic E-state index is 3.27. The van der Waals surface area contributed by atoms with Crippen LogP contribution >= 0.6 is 0 Å². The first-order chi connectivity index (χ1) is 6.29. The van der Waals surface area contributed by atoms with Crippen LogP contribution in [-0.2, 0) is 0 Å². The predicted octanol–water partition coefficient (Wildman–Crippen LogP) is 2.90. The smallest absolute Gasteiger partial charge is 0.00170 e. The van der Waals surface area contributed by atoms with Gasteiger partial charge in [-0.3, -0.25) is 0 Å². The van der Waals surface area contributed by atoms with Crippen LogP contribution < -0.4 is 5.32 Å². The first-order valence-electron chi connectivity index (χ1n) is 5.31. The SMILES string of the molecule is CCC(CNC)C1=CCCC=C1C. The Morgan fingerprint density at radius 1 is 1.38 bits per heavy atom. The van der Waals surface area contributed by atoms with Crippen molar-refractivity contribution in [3.05, 3.63) is 23.3 Å². The van der Waals surface area contributed by atoms with Crippen LogP contribution in [0, 0.1) is 5.92 Å². The lowest BCUT2D eigenvalue weighted by molar-refractivity contribution is 0.552. The first kappa shape index (κ1) is 10.5. The molecule has 1 atom stereocenters. The lowest BCUT2D eigenvalue weighted by Gasteiger charge is -2.22. The van der Waals surface area contributed by atoms with Crippen molar-refractivity contribution in [2.24, 2.45) is 5.92 Å². The van der Waals surface area contributed by atoms with Crippen LogP contribution in [0.2, 0.25) is 0 Å². The van der Waals surface area contributed by atoms with E-state index < -0.39 is 0 Å².